The van der Waals surface area contributed by atoms with Crippen LogP contribution in [0.25, 0.3) is 0 Å². The van der Waals surface area contributed by atoms with Crippen LogP contribution in [0.2, 0.25) is 0 Å². The predicted molar refractivity (Wildman–Crippen MR) is 73.3 cm³/mol. The van der Waals surface area contributed by atoms with E-state index in [1.807, 2.05) is 0 Å². The van der Waals surface area contributed by atoms with Crippen LogP contribution in [0.4, 0.5) is 0 Å². The monoisotopic (exact) mass is 281 g/mol. The Labute approximate surface area is 117 Å². The molecule has 0 heterocycles. The van der Waals surface area contributed by atoms with Crippen LogP contribution in [0.15, 0.2) is 18.2 Å². The van der Waals surface area contributed by atoms with E-state index in [1.54, 1.807) is 32.0 Å². The molecule has 0 aromatic heterocycles. The van der Waals surface area contributed by atoms with E-state index in [2.05, 4.69) is 5.32 Å². The molecule has 0 spiro atoms. The van der Waals surface area contributed by atoms with E-state index in [9.17, 15) is 9.59 Å². The topological polar surface area (TPSA) is 84.9 Å². The van der Waals surface area contributed by atoms with Gasteiger partial charge >= 0.3 is 5.97 Å². The predicted octanol–water partition coefficient (Wildman–Crippen LogP) is 1.69. The molecule has 2 N–H and O–H groups in total. The number of hydrogen-bond acceptors (Lipinski definition) is 4. The first-order valence-corrected chi connectivity index (χ1v) is 6.05. The lowest BCUT2D eigenvalue weighted by Crippen LogP contribution is -2.44. The molecule has 0 fully saturated rings. The smallest absolute Gasteiger partial charge is 0.305 e. The van der Waals surface area contributed by atoms with Gasteiger partial charge in [-0.05, 0) is 26.0 Å². The minimum Gasteiger partial charge on any atom is -0.497 e. The third kappa shape index (κ3) is 4.46. The molecule has 0 bridgehead atoms. The molecule has 1 aromatic carbocycles. The van der Waals surface area contributed by atoms with Crippen molar-refractivity contribution in [1.82, 2.24) is 5.32 Å². The van der Waals surface area contributed by atoms with Crippen molar-refractivity contribution in [1.29, 1.82) is 0 Å². The van der Waals surface area contributed by atoms with E-state index < -0.39 is 11.5 Å². The van der Waals surface area contributed by atoms with Gasteiger partial charge in [-0.2, -0.15) is 0 Å². The summed E-state index contributed by atoms with van der Waals surface area (Å²) in [7, 11) is 2.98. The normalized spacial score (nSPS) is 10.8. The van der Waals surface area contributed by atoms with Crippen LogP contribution < -0.4 is 14.8 Å². The van der Waals surface area contributed by atoms with Gasteiger partial charge in [0.15, 0.2) is 0 Å². The quantitative estimate of drug-likeness (QED) is 0.828. The number of carboxylic acids is 1. The molecule has 0 aliphatic carbocycles. The van der Waals surface area contributed by atoms with Crippen LogP contribution in [-0.2, 0) is 4.79 Å². The van der Waals surface area contributed by atoms with Crippen molar-refractivity contribution in [3.63, 3.8) is 0 Å². The van der Waals surface area contributed by atoms with Gasteiger partial charge in [0.2, 0.25) is 0 Å². The molecule has 20 heavy (non-hydrogen) atoms. The molecule has 0 radical (unpaired) electrons. The zero-order chi connectivity index (χ0) is 15.3. The highest BCUT2D eigenvalue weighted by Crippen LogP contribution is 2.23. The largest absolute Gasteiger partial charge is 0.497 e. The average molecular weight is 281 g/mol. The van der Waals surface area contributed by atoms with Crippen molar-refractivity contribution in [2.45, 2.75) is 25.8 Å². The summed E-state index contributed by atoms with van der Waals surface area (Å²) in [5.74, 6) is -0.372. The number of carbonyl (C=O) groups excluding carboxylic acids is 1. The van der Waals surface area contributed by atoms with E-state index in [0.717, 1.165) is 0 Å². The average Bonchev–Trinajstić information content (AvgIpc) is 2.35. The van der Waals surface area contributed by atoms with Crippen molar-refractivity contribution in [2.24, 2.45) is 0 Å². The third-order valence-corrected chi connectivity index (χ3v) is 2.66. The fourth-order valence-electron chi connectivity index (χ4n) is 1.74. The van der Waals surface area contributed by atoms with Gasteiger partial charge in [0.25, 0.3) is 5.91 Å². The number of rotatable bonds is 6. The van der Waals surface area contributed by atoms with Gasteiger partial charge in [-0.25, -0.2) is 0 Å². The summed E-state index contributed by atoms with van der Waals surface area (Å²) in [5.41, 5.74) is -0.501. The van der Waals surface area contributed by atoms with Crippen molar-refractivity contribution in [2.75, 3.05) is 14.2 Å². The molecule has 6 heteroatoms. The molecule has 1 amide bonds. The van der Waals surface area contributed by atoms with E-state index in [0.29, 0.717) is 17.1 Å². The summed E-state index contributed by atoms with van der Waals surface area (Å²) in [4.78, 5) is 22.9. The first-order valence-electron chi connectivity index (χ1n) is 6.05. The lowest BCUT2D eigenvalue weighted by molar-refractivity contribution is -0.138. The SMILES string of the molecule is COc1cc(OC)cc(C(=O)NC(C)(C)CC(=O)O)c1. The van der Waals surface area contributed by atoms with Gasteiger partial charge in [-0.3, -0.25) is 9.59 Å². The van der Waals surface area contributed by atoms with Crippen molar-refractivity contribution >= 4 is 11.9 Å². The first-order chi connectivity index (χ1) is 9.27. The Morgan fingerprint density at radius 2 is 1.65 bits per heavy atom. The van der Waals surface area contributed by atoms with Gasteiger partial charge in [0, 0.05) is 17.2 Å². The number of aliphatic carboxylic acids is 1. The summed E-state index contributed by atoms with van der Waals surface area (Å²) in [6.07, 6.45) is -0.167. The van der Waals surface area contributed by atoms with E-state index in [-0.39, 0.29) is 12.3 Å². The van der Waals surface area contributed by atoms with Crippen LogP contribution in [0, 0.1) is 0 Å². The lowest BCUT2D eigenvalue weighted by Gasteiger charge is -2.24. The minimum atomic E-state index is -0.974. The van der Waals surface area contributed by atoms with Gasteiger partial charge in [-0.1, -0.05) is 0 Å². The molecule has 0 saturated heterocycles. The van der Waals surface area contributed by atoms with Gasteiger partial charge in [0.05, 0.1) is 20.6 Å². The Morgan fingerprint density at radius 1 is 1.15 bits per heavy atom. The van der Waals surface area contributed by atoms with Gasteiger partial charge < -0.3 is 19.9 Å². The molecule has 0 atom stereocenters. The second-order valence-corrected chi connectivity index (χ2v) is 5.01. The Kier molecular flexibility index (Phi) is 4.96. The fourth-order valence-corrected chi connectivity index (χ4v) is 1.74. The molecule has 1 aromatic rings. The molecule has 0 aliphatic rings. The van der Waals surface area contributed by atoms with Crippen molar-refractivity contribution in [3.8, 4) is 11.5 Å². The zero-order valence-corrected chi connectivity index (χ0v) is 12.0. The molecule has 110 valence electrons. The number of nitrogens with one attached hydrogen (secondary N) is 1. The second kappa shape index (κ2) is 6.27. The molecule has 0 aliphatic heterocycles. The zero-order valence-electron chi connectivity index (χ0n) is 12.0. The van der Waals surface area contributed by atoms with E-state index >= 15 is 0 Å². The second-order valence-electron chi connectivity index (χ2n) is 5.01. The maximum Gasteiger partial charge on any atom is 0.305 e. The summed E-state index contributed by atoms with van der Waals surface area (Å²) in [6.45, 7) is 3.30. The maximum atomic E-state index is 12.2. The fraction of sp³-hybridized carbons (Fsp3) is 0.429. The number of ether oxygens (including phenoxy) is 2. The summed E-state index contributed by atoms with van der Waals surface area (Å²) < 4.78 is 10.2. The van der Waals surface area contributed by atoms with Crippen LogP contribution in [0.3, 0.4) is 0 Å². The Bertz CT molecular complexity index is 488. The number of carbonyl (C=O) groups is 2. The van der Waals surface area contributed by atoms with Crippen molar-refractivity contribution < 1.29 is 24.2 Å². The Morgan fingerprint density at radius 3 is 2.05 bits per heavy atom. The van der Waals surface area contributed by atoms with Crippen molar-refractivity contribution in [3.05, 3.63) is 23.8 Å². The number of amides is 1. The highest BCUT2D eigenvalue weighted by molar-refractivity contribution is 5.95. The maximum absolute atomic E-state index is 12.2. The number of methoxy groups -OCH3 is 2. The molecule has 6 nitrogen and oxygen atoms in total. The van der Waals surface area contributed by atoms with E-state index in [4.69, 9.17) is 14.6 Å². The lowest BCUT2D eigenvalue weighted by atomic mass is 10.00. The molecule has 0 unspecified atom stereocenters. The highest BCUT2D eigenvalue weighted by atomic mass is 16.5. The summed E-state index contributed by atoms with van der Waals surface area (Å²) >= 11 is 0. The molecule has 1 rings (SSSR count). The minimum absolute atomic E-state index is 0.167. The standard InChI is InChI=1S/C14H19NO5/c1-14(2,8-12(16)17)15-13(18)9-5-10(19-3)7-11(6-9)20-4/h5-7H,8H2,1-4H3,(H,15,18)(H,16,17). The van der Waals surface area contributed by atoms with Crippen LogP contribution in [-0.4, -0.2) is 36.7 Å². The molecular formula is C14H19NO5. The number of hydrogen-bond donors (Lipinski definition) is 2. The highest BCUT2D eigenvalue weighted by Gasteiger charge is 2.24. The number of carboxylic acid groups (broad SMARTS) is 1. The summed E-state index contributed by atoms with van der Waals surface area (Å²) in [6, 6.07) is 4.78. The molecule has 0 saturated carbocycles. The third-order valence-electron chi connectivity index (χ3n) is 2.66. The van der Waals surface area contributed by atoms with Crippen LogP contribution >= 0.6 is 0 Å². The Hall–Kier alpha value is -2.24. The molecular weight excluding hydrogens is 262 g/mol. The Balaban J connectivity index is 2.94. The van der Waals surface area contributed by atoms with E-state index in [1.165, 1.54) is 14.2 Å². The van der Waals surface area contributed by atoms with Gasteiger partial charge in [-0.15, -0.1) is 0 Å². The number of benzene rings is 1. The van der Waals surface area contributed by atoms with Gasteiger partial charge in [0.1, 0.15) is 11.5 Å². The first kappa shape index (κ1) is 15.8. The van der Waals surface area contributed by atoms with Crippen LogP contribution in [0.1, 0.15) is 30.6 Å². The van der Waals surface area contributed by atoms with Crippen LogP contribution in [0.5, 0.6) is 11.5 Å². The summed E-state index contributed by atoms with van der Waals surface area (Å²) in [5, 5.41) is 11.5.